The molecule has 0 aromatic heterocycles. The van der Waals surface area contributed by atoms with Crippen LogP contribution in [-0.2, 0) is 27.1 Å². The molecule has 6 nitrogen and oxygen atoms in total. The van der Waals surface area contributed by atoms with Gasteiger partial charge >= 0.3 is 0 Å². The summed E-state index contributed by atoms with van der Waals surface area (Å²) in [6.45, 7) is 0.489. The predicted molar refractivity (Wildman–Crippen MR) is 108 cm³/mol. The minimum atomic E-state index is -1.23. The molecule has 2 aromatic rings. The highest BCUT2D eigenvalue weighted by atomic mass is 35.5. The van der Waals surface area contributed by atoms with Crippen LogP contribution >= 0.6 is 11.6 Å². The van der Waals surface area contributed by atoms with Crippen LogP contribution in [0.2, 0.25) is 5.02 Å². The first-order valence-corrected chi connectivity index (χ1v) is 10.5. The third-order valence-corrected chi connectivity index (χ3v) is 5.07. The lowest BCUT2D eigenvalue weighted by Crippen LogP contribution is -2.36. The number of rotatable bonds is 6. The number of amides is 2. The molecule has 1 aliphatic heterocycles. The number of nitrogens with one attached hydrogen (secondary N) is 2. The number of carbonyl (C=O) groups is 2. The highest BCUT2D eigenvalue weighted by Gasteiger charge is 2.37. The molecule has 2 atom stereocenters. The lowest BCUT2D eigenvalue weighted by atomic mass is 10.1. The standard InChI is InChI=1S/C19H19ClFN3O3S/c1-28(27)23-15-3-2-4-16(10-15)24-6-5-17(19(24)26)18(25)22-11-12-7-13(20)9-14(21)8-12/h2-4,7-10,17,23H,5-6,11H2,1H3,(H,22,25). The topological polar surface area (TPSA) is 78.5 Å². The summed E-state index contributed by atoms with van der Waals surface area (Å²) < 4.78 is 27.5. The van der Waals surface area contributed by atoms with E-state index < -0.39 is 28.6 Å². The van der Waals surface area contributed by atoms with Crippen molar-refractivity contribution in [1.82, 2.24) is 5.32 Å². The van der Waals surface area contributed by atoms with E-state index >= 15 is 0 Å². The van der Waals surface area contributed by atoms with Crippen LogP contribution in [-0.4, -0.2) is 28.8 Å². The summed E-state index contributed by atoms with van der Waals surface area (Å²) in [7, 11) is -1.23. The molecule has 0 bridgehead atoms. The molecule has 2 unspecified atom stereocenters. The van der Waals surface area contributed by atoms with E-state index in [1.807, 2.05) is 0 Å². The maximum atomic E-state index is 13.4. The summed E-state index contributed by atoms with van der Waals surface area (Å²) in [6, 6.07) is 11.0. The quantitative estimate of drug-likeness (QED) is 0.701. The summed E-state index contributed by atoms with van der Waals surface area (Å²) in [4.78, 5) is 26.7. The van der Waals surface area contributed by atoms with Crippen molar-refractivity contribution in [2.24, 2.45) is 5.92 Å². The first-order valence-electron chi connectivity index (χ1n) is 8.57. The lowest BCUT2D eigenvalue weighted by molar-refractivity contribution is -0.132. The van der Waals surface area contributed by atoms with E-state index in [-0.39, 0.29) is 17.5 Å². The van der Waals surface area contributed by atoms with E-state index in [1.165, 1.54) is 23.3 Å². The second kappa shape index (κ2) is 8.70. The Bertz CT molecular complexity index is 920. The van der Waals surface area contributed by atoms with Crippen LogP contribution in [0, 0.1) is 11.7 Å². The number of hydrogen-bond acceptors (Lipinski definition) is 3. The van der Waals surface area contributed by atoms with Crippen LogP contribution in [0.1, 0.15) is 12.0 Å². The van der Waals surface area contributed by atoms with Gasteiger partial charge in [0, 0.05) is 35.7 Å². The van der Waals surface area contributed by atoms with Crippen molar-refractivity contribution in [2.45, 2.75) is 13.0 Å². The molecular weight excluding hydrogens is 405 g/mol. The molecule has 28 heavy (non-hydrogen) atoms. The molecule has 2 aromatic carbocycles. The fourth-order valence-electron chi connectivity index (χ4n) is 3.11. The van der Waals surface area contributed by atoms with Gasteiger partial charge in [-0.15, -0.1) is 0 Å². The largest absolute Gasteiger partial charge is 0.351 e. The van der Waals surface area contributed by atoms with Gasteiger partial charge in [-0.2, -0.15) is 0 Å². The summed E-state index contributed by atoms with van der Waals surface area (Å²) in [5.41, 5.74) is 1.78. The molecule has 0 radical (unpaired) electrons. The number of halogens is 2. The first-order chi connectivity index (χ1) is 13.3. The van der Waals surface area contributed by atoms with Crippen molar-refractivity contribution in [2.75, 3.05) is 22.4 Å². The summed E-state index contributed by atoms with van der Waals surface area (Å²) in [5.74, 6) is -2.00. The Morgan fingerprint density at radius 1 is 1.32 bits per heavy atom. The summed E-state index contributed by atoms with van der Waals surface area (Å²) in [6.07, 6.45) is 1.89. The maximum absolute atomic E-state index is 13.4. The molecule has 2 amide bonds. The van der Waals surface area contributed by atoms with Crippen LogP contribution in [0.3, 0.4) is 0 Å². The van der Waals surface area contributed by atoms with Crippen molar-refractivity contribution in [3.8, 4) is 0 Å². The zero-order valence-electron chi connectivity index (χ0n) is 15.1. The number of anilines is 2. The van der Waals surface area contributed by atoms with Crippen molar-refractivity contribution >= 4 is 45.8 Å². The van der Waals surface area contributed by atoms with Crippen LogP contribution in [0.5, 0.6) is 0 Å². The number of benzene rings is 2. The SMILES string of the molecule is CS(=O)Nc1cccc(N2CCC(C(=O)NCc3cc(F)cc(Cl)c3)C2=O)c1. The highest BCUT2D eigenvalue weighted by molar-refractivity contribution is 7.85. The Labute approximate surface area is 169 Å². The van der Waals surface area contributed by atoms with Crippen molar-refractivity contribution in [3.63, 3.8) is 0 Å². The fraction of sp³-hybridized carbons (Fsp3) is 0.263. The van der Waals surface area contributed by atoms with Gasteiger partial charge in [-0.1, -0.05) is 17.7 Å². The summed E-state index contributed by atoms with van der Waals surface area (Å²) in [5, 5.41) is 2.92. The Balaban J connectivity index is 1.64. The van der Waals surface area contributed by atoms with Crippen LogP contribution in [0.15, 0.2) is 42.5 Å². The third kappa shape index (κ3) is 4.88. The number of hydrogen-bond donors (Lipinski definition) is 2. The van der Waals surface area contributed by atoms with Gasteiger partial charge < -0.3 is 14.9 Å². The second-order valence-corrected chi connectivity index (χ2v) is 7.98. The van der Waals surface area contributed by atoms with Gasteiger partial charge in [0.05, 0.1) is 0 Å². The number of nitrogens with zero attached hydrogens (tertiary/aromatic N) is 1. The molecule has 3 rings (SSSR count). The normalized spacial score (nSPS) is 17.5. The zero-order chi connectivity index (χ0) is 20.3. The second-order valence-electron chi connectivity index (χ2n) is 6.43. The highest BCUT2D eigenvalue weighted by Crippen LogP contribution is 2.27. The van der Waals surface area contributed by atoms with Crippen LogP contribution in [0.25, 0.3) is 0 Å². The van der Waals surface area contributed by atoms with Gasteiger partial charge in [0.25, 0.3) is 0 Å². The van der Waals surface area contributed by atoms with Gasteiger partial charge in [0.1, 0.15) is 22.7 Å². The smallest absolute Gasteiger partial charge is 0.239 e. The molecule has 1 heterocycles. The van der Waals surface area contributed by atoms with E-state index in [1.54, 1.807) is 30.3 Å². The first kappa shape index (κ1) is 20.3. The van der Waals surface area contributed by atoms with Gasteiger partial charge in [-0.3, -0.25) is 9.59 Å². The number of carbonyl (C=O) groups excluding carboxylic acids is 2. The zero-order valence-corrected chi connectivity index (χ0v) is 16.6. The average Bonchev–Trinajstić information content (AvgIpc) is 3.00. The molecule has 1 saturated heterocycles. The van der Waals surface area contributed by atoms with E-state index in [2.05, 4.69) is 10.0 Å². The van der Waals surface area contributed by atoms with Gasteiger partial charge in [0.15, 0.2) is 0 Å². The Kier molecular flexibility index (Phi) is 6.31. The molecule has 0 spiro atoms. The maximum Gasteiger partial charge on any atom is 0.239 e. The molecule has 0 saturated carbocycles. The van der Waals surface area contributed by atoms with Gasteiger partial charge in [-0.05, 0) is 48.4 Å². The molecule has 2 N–H and O–H groups in total. The van der Waals surface area contributed by atoms with E-state index in [0.29, 0.717) is 29.9 Å². The molecular formula is C19H19ClFN3O3S. The van der Waals surface area contributed by atoms with Gasteiger partial charge in [-0.25, -0.2) is 8.60 Å². The summed E-state index contributed by atoms with van der Waals surface area (Å²) >= 11 is 5.81. The minimum Gasteiger partial charge on any atom is -0.351 e. The average molecular weight is 424 g/mol. The molecule has 1 aliphatic rings. The minimum absolute atomic E-state index is 0.0851. The Morgan fingerprint density at radius 2 is 2.11 bits per heavy atom. The molecule has 9 heteroatoms. The molecule has 1 fully saturated rings. The monoisotopic (exact) mass is 423 g/mol. The lowest BCUT2D eigenvalue weighted by Gasteiger charge is -2.18. The molecule has 148 valence electrons. The Hall–Kier alpha value is -2.45. The van der Waals surface area contributed by atoms with E-state index in [4.69, 9.17) is 11.6 Å². The van der Waals surface area contributed by atoms with Crippen molar-refractivity contribution < 1.29 is 18.2 Å². The Morgan fingerprint density at radius 3 is 2.82 bits per heavy atom. The van der Waals surface area contributed by atoms with E-state index in [9.17, 15) is 18.2 Å². The van der Waals surface area contributed by atoms with Crippen LogP contribution < -0.4 is 14.9 Å². The van der Waals surface area contributed by atoms with Crippen LogP contribution in [0.4, 0.5) is 15.8 Å². The van der Waals surface area contributed by atoms with Crippen molar-refractivity contribution in [3.05, 3.63) is 58.9 Å². The third-order valence-electron chi connectivity index (χ3n) is 4.33. The fourth-order valence-corrected chi connectivity index (χ4v) is 3.81. The predicted octanol–water partition coefficient (Wildman–Crippen LogP) is 2.85. The van der Waals surface area contributed by atoms with Gasteiger partial charge in [0.2, 0.25) is 11.8 Å². The molecule has 0 aliphatic carbocycles. The van der Waals surface area contributed by atoms with E-state index in [0.717, 1.165) is 0 Å². The van der Waals surface area contributed by atoms with Crippen molar-refractivity contribution in [1.29, 1.82) is 0 Å².